The van der Waals surface area contributed by atoms with Crippen LogP contribution in [0.15, 0.2) is 18.2 Å². The summed E-state index contributed by atoms with van der Waals surface area (Å²) in [6, 6.07) is 5.90. The summed E-state index contributed by atoms with van der Waals surface area (Å²) in [5.74, 6) is 0. The number of hydrogen-bond acceptors (Lipinski definition) is 2. The van der Waals surface area contributed by atoms with E-state index in [9.17, 15) is 0 Å². The fourth-order valence-electron chi connectivity index (χ4n) is 1.38. The number of rotatable bonds is 0. The molecule has 2 rings (SSSR count). The van der Waals surface area contributed by atoms with Gasteiger partial charge in [0.2, 0.25) is 0 Å². The van der Waals surface area contributed by atoms with Crippen LogP contribution in [0.3, 0.4) is 0 Å². The third-order valence-corrected chi connectivity index (χ3v) is 2.30. The van der Waals surface area contributed by atoms with Crippen LogP contribution < -0.4 is 10.6 Å². The van der Waals surface area contributed by atoms with Crippen molar-refractivity contribution >= 4 is 23.0 Å². The van der Waals surface area contributed by atoms with Gasteiger partial charge in [-0.1, -0.05) is 17.7 Å². The Morgan fingerprint density at radius 2 is 2.00 bits per heavy atom. The van der Waals surface area contributed by atoms with Crippen molar-refractivity contribution in [1.82, 2.24) is 0 Å². The highest BCUT2D eigenvalue weighted by Gasteiger charge is 2.08. The molecule has 0 atom stereocenters. The van der Waals surface area contributed by atoms with Crippen LogP contribution in [-0.2, 0) is 0 Å². The maximum Gasteiger partial charge on any atom is 0.0765 e. The van der Waals surface area contributed by atoms with Crippen LogP contribution >= 0.6 is 11.6 Å². The molecule has 0 radical (unpaired) electrons. The van der Waals surface area contributed by atoms with Crippen LogP contribution in [0.25, 0.3) is 0 Å². The predicted octanol–water partition coefficient (Wildman–Crippen LogP) is 2.57. The van der Waals surface area contributed by atoms with Gasteiger partial charge in [0, 0.05) is 13.1 Å². The fraction of sp³-hybridized carbons (Fsp3) is 0.333. The molecule has 1 aromatic rings. The minimum absolute atomic E-state index is 0.793. The van der Waals surface area contributed by atoms with Crippen LogP contribution in [0.5, 0.6) is 0 Å². The fourth-order valence-corrected chi connectivity index (χ4v) is 1.62. The molecule has 0 aromatic heterocycles. The molecule has 1 aliphatic heterocycles. The molecule has 1 aromatic carbocycles. The minimum Gasteiger partial charge on any atom is -0.383 e. The molecule has 0 bridgehead atoms. The van der Waals surface area contributed by atoms with Gasteiger partial charge in [-0.05, 0) is 18.6 Å². The number of halogens is 1. The van der Waals surface area contributed by atoms with Crippen molar-refractivity contribution in [3.63, 3.8) is 0 Å². The second kappa shape index (κ2) is 3.23. The summed E-state index contributed by atoms with van der Waals surface area (Å²) in [7, 11) is 0. The molecular weight excluding hydrogens is 172 g/mol. The second-order valence-electron chi connectivity index (χ2n) is 2.87. The van der Waals surface area contributed by atoms with Crippen LogP contribution in [0.1, 0.15) is 6.42 Å². The van der Waals surface area contributed by atoms with Crippen molar-refractivity contribution in [2.75, 3.05) is 23.7 Å². The zero-order valence-electron chi connectivity index (χ0n) is 6.73. The van der Waals surface area contributed by atoms with Gasteiger partial charge < -0.3 is 10.6 Å². The predicted molar refractivity (Wildman–Crippen MR) is 53.0 cm³/mol. The lowest BCUT2D eigenvalue weighted by atomic mass is 10.2. The second-order valence-corrected chi connectivity index (χ2v) is 3.28. The highest BCUT2D eigenvalue weighted by atomic mass is 35.5. The van der Waals surface area contributed by atoms with E-state index in [-0.39, 0.29) is 0 Å². The van der Waals surface area contributed by atoms with Crippen LogP contribution in [-0.4, -0.2) is 13.1 Å². The summed E-state index contributed by atoms with van der Waals surface area (Å²) >= 11 is 6.01. The summed E-state index contributed by atoms with van der Waals surface area (Å²) in [5.41, 5.74) is 2.15. The Hall–Kier alpha value is -0.890. The SMILES string of the molecule is Clc1cccc2c1NCCCN2. The lowest BCUT2D eigenvalue weighted by Crippen LogP contribution is -2.01. The molecule has 0 unspecified atom stereocenters. The van der Waals surface area contributed by atoms with Gasteiger partial charge in [-0.3, -0.25) is 0 Å². The highest BCUT2D eigenvalue weighted by molar-refractivity contribution is 6.33. The molecule has 0 aliphatic carbocycles. The van der Waals surface area contributed by atoms with E-state index in [1.54, 1.807) is 0 Å². The molecule has 0 saturated carbocycles. The molecule has 2 N–H and O–H groups in total. The summed E-state index contributed by atoms with van der Waals surface area (Å²) in [5, 5.41) is 7.41. The molecule has 2 nitrogen and oxygen atoms in total. The maximum atomic E-state index is 6.01. The number of nitrogens with one attached hydrogen (secondary N) is 2. The van der Waals surface area contributed by atoms with E-state index in [0.29, 0.717) is 0 Å². The number of hydrogen-bond donors (Lipinski definition) is 2. The normalized spacial score (nSPS) is 15.4. The largest absolute Gasteiger partial charge is 0.383 e. The molecule has 0 spiro atoms. The van der Waals surface area contributed by atoms with Gasteiger partial charge in [0.25, 0.3) is 0 Å². The van der Waals surface area contributed by atoms with Crippen molar-refractivity contribution in [2.45, 2.75) is 6.42 Å². The van der Waals surface area contributed by atoms with E-state index in [1.165, 1.54) is 0 Å². The van der Waals surface area contributed by atoms with Crippen molar-refractivity contribution in [3.05, 3.63) is 23.2 Å². The van der Waals surface area contributed by atoms with Gasteiger partial charge in [-0.15, -0.1) is 0 Å². The van der Waals surface area contributed by atoms with Gasteiger partial charge in [-0.25, -0.2) is 0 Å². The molecule has 0 saturated heterocycles. The van der Waals surface area contributed by atoms with Gasteiger partial charge in [0.15, 0.2) is 0 Å². The molecule has 0 fully saturated rings. The van der Waals surface area contributed by atoms with E-state index >= 15 is 0 Å². The quantitative estimate of drug-likeness (QED) is 0.645. The molecule has 0 amide bonds. The standard InChI is InChI=1S/C9H11ClN2/c10-7-3-1-4-8-9(7)12-6-2-5-11-8/h1,3-4,11-12H,2,5-6H2. The Bertz CT molecular complexity index is 286. The third-order valence-electron chi connectivity index (χ3n) is 1.98. The summed E-state index contributed by atoms with van der Waals surface area (Å²) in [6.07, 6.45) is 1.13. The number of para-hydroxylation sites is 1. The van der Waals surface area contributed by atoms with Crippen molar-refractivity contribution in [1.29, 1.82) is 0 Å². The average Bonchev–Trinajstić information content (AvgIpc) is 2.30. The average molecular weight is 183 g/mol. The van der Waals surface area contributed by atoms with E-state index in [0.717, 1.165) is 35.9 Å². The highest BCUT2D eigenvalue weighted by Crippen LogP contribution is 2.31. The first-order valence-corrected chi connectivity index (χ1v) is 4.52. The number of benzene rings is 1. The third kappa shape index (κ3) is 1.34. The Balaban J connectivity index is 2.42. The first kappa shape index (κ1) is 7.74. The topological polar surface area (TPSA) is 24.1 Å². The van der Waals surface area contributed by atoms with Crippen molar-refractivity contribution in [2.24, 2.45) is 0 Å². The summed E-state index contributed by atoms with van der Waals surface area (Å²) in [6.45, 7) is 2.00. The first-order chi connectivity index (χ1) is 5.88. The van der Waals surface area contributed by atoms with E-state index in [2.05, 4.69) is 10.6 Å². The lowest BCUT2D eigenvalue weighted by molar-refractivity contribution is 0.928. The zero-order valence-corrected chi connectivity index (χ0v) is 7.49. The molecule has 64 valence electrons. The maximum absolute atomic E-state index is 6.01. The molecule has 1 heterocycles. The van der Waals surface area contributed by atoms with E-state index in [1.807, 2.05) is 18.2 Å². The number of anilines is 2. The van der Waals surface area contributed by atoms with Gasteiger partial charge in [-0.2, -0.15) is 0 Å². The van der Waals surface area contributed by atoms with E-state index in [4.69, 9.17) is 11.6 Å². The minimum atomic E-state index is 0.793. The summed E-state index contributed by atoms with van der Waals surface area (Å²) in [4.78, 5) is 0. The Kier molecular flexibility index (Phi) is 2.09. The van der Waals surface area contributed by atoms with Gasteiger partial charge in [0.1, 0.15) is 0 Å². The Morgan fingerprint density at radius 3 is 2.92 bits per heavy atom. The molecule has 12 heavy (non-hydrogen) atoms. The van der Waals surface area contributed by atoms with Crippen molar-refractivity contribution in [3.8, 4) is 0 Å². The lowest BCUT2D eigenvalue weighted by Gasteiger charge is -2.08. The van der Waals surface area contributed by atoms with Crippen LogP contribution in [0, 0.1) is 0 Å². The van der Waals surface area contributed by atoms with Gasteiger partial charge in [0.05, 0.1) is 16.4 Å². The van der Waals surface area contributed by atoms with Crippen LogP contribution in [0.2, 0.25) is 5.02 Å². The number of fused-ring (bicyclic) bond motifs is 1. The Morgan fingerprint density at radius 1 is 1.17 bits per heavy atom. The first-order valence-electron chi connectivity index (χ1n) is 4.14. The molecular formula is C9H11ClN2. The Labute approximate surface area is 76.9 Å². The molecule has 1 aliphatic rings. The van der Waals surface area contributed by atoms with Crippen molar-refractivity contribution < 1.29 is 0 Å². The monoisotopic (exact) mass is 182 g/mol. The smallest absolute Gasteiger partial charge is 0.0765 e. The molecule has 3 heteroatoms. The summed E-state index contributed by atoms with van der Waals surface area (Å²) < 4.78 is 0. The zero-order chi connectivity index (χ0) is 8.39. The van der Waals surface area contributed by atoms with E-state index < -0.39 is 0 Å². The van der Waals surface area contributed by atoms with Gasteiger partial charge >= 0.3 is 0 Å². The van der Waals surface area contributed by atoms with Crippen LogP contribution in [0.4, 0.5) is 11.4 Å².